The lowest BCUT2D eigenvalue weighted by Gasteiger charge is -2.16. The van der Waals surface area contributed by atoms with Gasteiger partial charge in [0.2, 0.25) is 11.2 Å². The van der Waals surface area contributed by atoms with Gasteiger partial charge in [-0.3, -0.25) is 14.3 Å². The molecule has 0 aliphatic carbocycles. The fourth-order valence-corrected chi connectivity index (χ4v) is 5.98. The molecule has 0 radical (unpaired) electrons. The first-order valence-electron chi connectivity index (χ1n) is 10.2. The van der Waals surface area contributed by atoms with Gasteiger partial charge in [0, 0.05) is 18.0 Å². The van der Waals surface area contributed by atoms with Gasteiger partial charge in [-0.1, -0.05) is 12.1 Å². The van der Waals surface area contributed by atoms with Gasteiger partial charge in [-0.05, 0) is 36.3 Å². The number of aromatic nitrogens is 2. The van der Waals surface area contributed by atoms with Crippen molar-refractivity contribution in [2.45, 2.75) is 55.0 Å². The highest BCUT2D eigenvalue weighted by Crippen LogP contribution is 2.32. The number of hydrogen-bond donors (Lipinski definition) is 0. The summed E-state index contributed by atoms with van der Waals surface area (Å²) in [5, 5.41) is -1.35. The summed E-state index contributed by atoms with van der Waals surface area (Å²) >= 11 is 8.19. The minimum absolute atomic E-state index is 0.0690. The van der Waals surface area contributed by atoms with E-state index < -0.39 is 40.2 Å². The molecule has 10 nitrogen and oxygen atoms in total. The number of thioether (sulfide) groups is 1. The number of halogens is 2. The van der Waals surface area contributed by atoms with Crippen LogP contribution in [0.3, 0.4) is 0 Å². The van der Waals surface area contributed by atoms with Crippen LogP contribution in [0.5, 0.6) is 0 Å². The number of rotatable bonds is 7. The van der Waals surface area contributed by atoms with Crippen molar-refractivity contribution in [3.05, 3.63) is 38.7 Å². The van der Waals surface area contributed by atoms with Gasteiger partial charge >= 0.3 is 10.8 Å². The van der Waals surface area contributed by atoms with Crippen molar-refractivity contribution in [2.75, 3.05) is 12.0 Å². The molecular weight excluding hydrogens is 533 g/mol. The van der Waals surface area contributed by atoms with Crippen molar-refractivity contribution in [2.24, 2.45) is 4.99 Å². The summed E-state index contributed by atoms with van der Waals surface area (Å²) in [5.41, 5.74) is 0.576. The van der Waals surface area contributed by atoms with Crippen molar-refractivity contribution in [3.63, 3.8) is 0 Å². The molecule has 1 fully saturated rings. The first-order chi connectivity index (χ1) is 16.1. The summed E-state index contributed by atoms with van der Waals surface area (Å²) in [6.45, 7) is 1.36. The molecule has 15 heteroatoms. The smallest absolute Gasteiger partial charge is 0.325 e. The van der Waals surface area contributed by atoms with Crippen LogP contribution in [0, 0.1) is 0 Å². The van der Waals surface area contributed by atoms with Crippen molar-refractivity contribution >= 4 is 56.5 Å². The Hall–Kier alpha value is -1.71. The Labute approximate surface area is 207 Å². The Morgan fingerprint density at radius 1 is 1.32 bits per heavy atom. The normalized spacial score (nSPS) is 25.3. The third-order valence-electron chi connectivity index (χ3n) is 4.95. The zero-order valence-electron chi connectivity index (χ0n) is 17.8. The fraction of sp³-hybridized carbons (Fsp3) is 0.526. The zero-order valence-corrected chi connectivity index (χ0v) is 21.0. The van der Waals surface area contributed by atoms with E-state index in [0.29, 0.717) is 28.5 Å². The molecule has 2 aromatic rings. The highest BCUT2D eigenvalue weighted by atomic mass is 35.5. The number of fused-ring (bicyclic) bond motifs is 1. The van der Waals surface area contributed by atoms with Gasteiger partial charge in [0.25, 0.3) is 10.1 Å². The Balaban J connectivity index is 1.43. The van der Waals surface area contributed by atoms with Crippen LogP contribution in [0.2, 0.25) is 0 Å². The summed E-state index contributed by atoms with van der Waals surface area (Å²) in [7, 11) is -3.95. The molecule has 1 aromatic heterocycles. The molecule has 3 heterocycles. The van der Waals surface area contributed by atoms with Gasteiger partial charge < -0.3 is 9.47 Å². The highest BCUT2D eigenvalue weighted by molar-refractivity contribution is 8.00. The minimum atomic E-state index is -3.95. The lowest BCUT2D eigenvalue weighted by Crippen LogP contribution is -2.34. The summed E-state index contributed by atoms with van der Waals surface area (Å²) in [5.74, 6) is -0.962. The van der Waals surface area contributed by atoms with E-state index >= 15 is 0 Å². The average Bonchev–Trinajstić information content (AvgIpc) is 3.23. The molecule has 1 saturated heterocycles. The Bertz CT molecular complexity index is 1290. The number of ether oxygens (including phenoxy) is 2. The quantitative estimate of drug-likeness (QED) is 0.221. The predicted octanol–water partition coefficient (Wildman–Crippen LogP) is 1.98. The molecule has 34 heavy (non-hydrogen) atoms. The lowest BCUT2D eigenvalue weighted by molar-refractivity contribution is -0.160. The van der Waals surface area contributed by atoms with Gasteiger partial charge in [-0.2, -0.15) is 8.42 Å². The topological polar surface area (TPSA) is 118 Å². The molecule has 0 amide bonds. The standard InChI is InChI=1S/C19H21ClFN3O7S3/c1-34(27,28)31-17-14(20)15(16(21)30-17)29-13(25)10-32-12-7-3-2-6-11(12)22-18-23-8-4-5-9-24(23)19(26)33-18/h2-3,6-7,14-17H,4-5,8-10H2,1H3. The molecule has 4 unspecified atom stereocenters. The Morgan fingerprint density at radius 3 is 2.76 bits per heavy atom. The number of benzene rings is 1. The van der Waals surface area contributed by atoms with E-state index in [2.05, 4.69) is 9.18 Å². The molecule has 4 rings (SSSR count). The molecule has 2 aliphatic rings. The predicted molar refractivity (Wildman–Crippen MR) is 123 cm³/mol. The number of nitrogens with zero attached hydrogens (tertiary/aromatic N) is 3. The molecule has 0 bridgehead atoms. The SMILES string of the molecule is CS(=O)(=O)OC1OC(F)C(OC(=O)CSc2ccccc2N=c2sc(=O)n3n2CCCC3)C1Cl. The van der Waals surface area contributed by atoms with Crippen LogP contribution >= 0.6 is 34.7 Å². The van der Waals surface area contributed by atoms with E-state index in [-0.39, 0.29) is 10.6 Å². The summed E-state index contributed by atoms with van der Waals surface area (Å²) < 4.78 is 54.6. The molecule has 0 saturated carbocycles. The summed E-state index contributed by atoms with van der Waals surface area (Å²) in [6.07, 6.45) is -2.58. The largest absolute Gasteiger partial charge is 0.454 e. The first-order valence-corrected chi connectivity index (χ1v) is 14.3. The highest BCUT2D eigenvalue weighted by Gasteiger charge is 2.48. The first kappa shape index (κ1) is 25.4. The summed E-state index contributed by atoms with van der Waals surface area (Å²) in [6, 6.07) is 7.11. The minimum Gasteiger partial charge on any atom is -0.454 e. The fourth-order valence-electron chi connectivity index (χ4n) is 3.46. The molecule has 0 N–H and O–H groups in total. The Morgan fingerprint density at radius 2 is 2.03 bits per heavy atom. The number of carbonyl (C=O) groups is 1. The van der Waals surface area contributed by atoms with Crippen molar-refractivity contribution in [3.8, 4) is 0 Å². The monoisotopic (exact) mass is 553 g/mol. The van der Waals surface area contributed by atoms with Crippen molar-refractivity contribution < 1.29 is 31.3 Å². The third kappa shape index (κ3) is 5.91. The van der Waals surface area contributed by atoms with Crippen LogP contribution in [0.1, 0.15) is 12.8 Å². The molecule has 4 atom stereocenters. The van der Waals surface area contributed by atoms with E-state index in [1.807, 2.05) is 4.68 Å². The van der Waals surface area contributed by atoms with E-state index in [0.717, 1.165) is 42.2 Å². The lowest BCUT2D eigenvalue weighted by atomic mass is 10.3. The van der Waals surface area contributed by atoms with Crippen LogP contribution in [-0.2, 0) is 41.7 Å². The van der Waals surface area contributed by atoms with Gasteiger partial charge in [0.15, 0.2) is 12.4 Å². The Kier molecular flexibility index (Phi) is 7.84. The van der Waals surface area contributed by atoms with Crippen LogP contribution in [0.25, 0.3) is 0 Å². The zero-order chi connectivity index (χ0) is 24.5. The van der Waals surface area contributed by atoms with Crippen molar-refractivity contribution in [1.82, 2.24) is 9.36 Å². The second-order valence-electron chi connectivity index (χ2n) is 7.53. The van der Waals surface area contributed by atoms with Crippen molar-refractivity contribution in [1.29, 1.82) is 0 Å². The van der Waals surface area contributed by atoms with Crippen LogP contribution in [0.4, 0.5) is 10.1 Å². The molecular formula is C19H21ClFN3O7S3. The van der Waals surface area contributed by atoms with E-state index in [1.54, 1.807) is 28.9 Å². The van der Waals surface area contributed by atoms with Gasteiger partial charge in [-0.15, -0.1) is 23.4 Å². The van der Waals surface area contributed by atoms with Crippen LogP contribution in [-0.4, -0.2) is 59.9 Å². The number of alkyl halides is 2. The number of carbonyl (C=O) groups excluding carboxylic acids is 1. The van der Waals surface area contributed by atoms with E-state index in [4.69, 9.17) is 21.1 Å². The number of para-hydroxylation sites is 1. The third-order valence-corrected chi connectivity index (χ3v) is 7.85. The van der Waals surface area contributed by atoms with Gasteiger partial charge in [0.1, 0.15) is 5.38 Å². The average molecular weight is 554 g/mol. The maximum Gasteiger partial charge on any atom is 0.325 e. The second kappa shape index (κ2) is 10.5. The molecule has 186 valence electrons. The van der Waals surface area contributed by atoms with Crippen LogP contribution in [0.15, 0.2) is 38.9 Å². The second-order valence-corrected chi connectivity index (χ2v) is 11.6. The molecule has 1 aromatic carbocycles. The van der Waals surface area contributed by atoms with Crippen LogP contribution < -0.4 is 9.67 Å². The van der Waals surface area contributed by atoms with Gasteiger partial charge in [0.05, 0.1) is 17.7 Å². The van der Waals surface area contributed by atoms with E-state index in [1.165, 1.54) is 0 Å². The van der Waals surface area contributed by atoms with Gasteiger partial charge in [-0.25, -0.2) is 18.2 Å². The number of hydrogen-bond acceptors (Lipinski definition) is 10. The molecule has 0 spiro atoms. The van der Waals surface area contributed by atoms with E-state index in [9.17, 15) is 22.4 Å². The summed E-state index contributed by atoms with van der Waals surface area (Å²) in [4.78, 5) is 30.4. The maximum absolute atomic E-state index is 14.1. The molecule has 2 aliphatic heterocycles. The maximum atomic E-state index is 14.1. The number of esters is 1.